The van der Waals surface area contributed by atoms with Crippen molar-refractivity contribution in [3.05, 3.63) is 40.4 Å². The molecule has 3 heterocycles. The number of rotatable bonds is 6. The molecule has 0 saturated carbocycles. The van der Waals surface area contributed by atoms with Crippen LogP contribution in [0.5, 0.6) is 0 Å². The third kappa shape index (κ3) is 3.88. The molecule has 0 aliphatic carbocycles. The van der Waals surface area contributed by atoms with Crippen LogP contribution < -0.4 is 5.32 Å². The maximum absolute atomic E-state index is 13.1. The van der Waals surface area contributed by atoms with Crippen LogP contribution in [0.4, 0.5) is 5.82 Å². The van der Waals surface area contributed by atoms with Crippen LogP contribution in [0.15, 0.2) is 24.3 Å². The molecule has 154 valence electrons. The summed E-state index contributed by atoms with van der Waals surface area (Å²) < 4.78 is 12.6. The summed E-state index contributed by atoms with van der Waals surface area (Å²) in [6.45, 7) is 7.75. The number of morpholine rings is 1. The average Bonchev–Trinajstić information content (AvgIpc) is 3.26. The molecule has 1 aliphatic rings. The van der Waals surface area contributed by atoms with Crippen LogP contribution in [0.1, 0.15) is 20.9 Å². The van der Waals surface area contributed by atoms with Gasteiger partial charge in [-0.3, -0.25) is 9.20 Å². The summed E-state index contributed by atoms with van der Waals surface area (Å²) >= 11 is 1.45. The Kier molecular flexibility index (Phi) is 5.84. The zero-order valence-corrected chi connectivity index (χ0v) is 17.8. The Morgan fingerprint density at radius 2 is 1.97 bits per heavy atom. The van der Waals surface area contributed by atoms with Gasteiger partial charge in [0.05, 0.1) is 19.8 Å². The van der Waals surface area contributed by atoms with Gasteiger partial charge in [0, 0.05) is 38.0 Å². The van der Waals surface area contributed by atoms with Gasteiger partial charge in [-0.25, -0.2) is 4.98 Å². The van der Waals surface area contributed by atoms with E-state index in [2.05, 4.69) is 40.9 Å². The van der Waals surface area contributed by atoms with Crippen LogP contribution in [-0.4, -0.2) is 66.8 Å². The number of thiazole rings is 1. The standard InChI is InChI=1S/C21H26N4O3S/c1-14-4-6-16(7-5-14)17-19(22-8-11-27-3)25-15(2)18(29-21(25)23-17)20(26)24-9-12-28-13-10-24/h4-7,22H,8-13H2,1-3H3. The van der Waals surface area contributed by atoms with E-state index in [-0.39, 0.29) is 5.91 Å². The van der Waals surface area contributed by atoms with Gasteiger partial charge in [-0.05, 0) is 13.8 Å². The second-order valence-electron chi connectivity index (χ2n) is 7.13. The largest absolute Gasteiger partial charge is 0.383 e. The fraction of sp³-hybridized carbons (Fsp3) is 0.429. The predicted octanol–water partition coefficient (Wildman–Crippen LogP) is 3.21. The number of methoxy groups -OCH3 is 1. The molecule has 7 nitrogen and oxygen atoms in total. The number of carbonyl (C=O) groups is 1. The Balaban J connectivity index is 1.76. The van der Waals surface area contributed by atoms with Gasteiger partial charge in [0.2, 0.25) is 0 Å². The summed E-state index contributed by atoms with van der Waals surface area (Å²) in [6, 6.07) is 8.33. The number of hydrogen-bond acceptors (Lipinski definition) is 6. The Bertz CT molecular complexity index is 1000. The van der Waals surface area contributed by atoms with Gasteiger partial charge >= 0.3 is 0 Å². The van der Waals surface area contributed by atoms with E-state index in [9.17, 15) is 4.79 Å². The van der Waals surface area contributed by atoms with E-state index in [1.807, 2.05) is 11.8 Å². The number of nitrogens with zero attached hydrogens (tertiary/aromatic N) is 3. The number of anilines is 1. The van der Waals surface area contributed by atoms with Gasteiger partial charge in [-0.15, -0.1) is 0 Å². The first-order valence-corrected chi connectivity index (χ1v) is 10.6. The number of aryl methyl sites for hydroxylation is 2. The Hall–Kier alpha value is -2.42. The van der Waals surface area contributed by atoms with Crippen LogP contribution in [0.25, 0.3) is 16.2 Å². The van der Waals surface area contributed by atoms with Crippen LogP contribution >= 0.6 is 11.3 Å². The zero-order chi connectivity index (χ0) is 20.4. The molecule has 1 amide bonds. The fourth-order valence-electron chi connectivity index (χ4n) is 3.50. The first-order valence-electron chi connectivity index (χ1n) is 9.79. The lowest BCUT2D eigenvalue weighted by atomic mass is 10.1. The van der Waals surface area contributed by atoms with Gasteiger partial charge in [-0.2, -0.15) is 0 Å². The summed E-state index contributed by atoms with van der Waals surface area (Å²) in [5, 5.41) is 3.46. The maximum Gasteiger partial charge on any atom is 0.266 e. The smallest absolute Gasteiger partial charge is 0.266 e. The normalized spacial score (nSPS) is 14.5. The molecule has 1 aromatic carbocycles. The lowest BCUT2D eigenvalue weighted by Gasteiger charge is -2.26. The molecule has 0 bridgehead atoms. The maximum atomic E-state index is 13.1. The van der Waals surface area contributed by atoms with Crippen LogP contribution in [0.2, 0.25) is 0 Å². The van der Waals surface area contributed by atoms with E-state index in [1.165, 1.54) is 16.9 Å². The lowest BCUT2D eigenvalue weighted by Crippen LogP contribution is -2.40. The van der Waals surface area contributed by atoms with E-state index < -0.39 is 0 Å². The van der Waals surface area contributed by atoms with Crippen LogP contribution in [0, 0.1) is 13.8 Å². The summed E-state index contributed by atoms with van der Waals surface area (Å²) in [6.07, 6.45) is 0. The third-order valence-electron chi connectivity index (χ3n) is 5.12. The molecule has 29 heavy (non-hydrogen) atoms. The first-order chi connectivity index (χ1) is 14.1. The number of ether oxygens (including phenoxy) is 2. The number of nitrogens with one attached hydrogen (secondary N) is 1. The van der Waals surface area contributed by atoms with Gasteiger partial charge in [-0.1, -0.05) is 41.2 Å². The monoisotopic (exact) mass is 414 g/mol. The van der Waals surface area contributed by atoms with E-state index in [0.717, 1.165) is 32.6 Å². The van der Waals surface area contributed by atoms with Crippen molar-refractivity contribution in [2.45, 2.75) is 13.8 Å². The van der Waals surface area contributed by atoms with Gasteiger partial charge in [0.1, 0.15) is 16.4 Å². The number of amides is 1. The van der Waals surface area contributed by atoms with E-state index in [4.69, 9.17) is 14.5 Å². The molecule has 1 saturated heterocycles. The SMILES string of the molecule is COCCNc1c(-c2ccc(C)cc2)nc2sc(C(=O)N3CCOCC3)c(C)n12. The predicted molar refractivity (Wildman–Crippen MR) is 115 cm³/mol. The zero-order valence-electron chi connectivity index (χ0n) is 17.0. The molecule has 0 atom stereocenters. The minimum atomic E-state index is 0.0565. The highest BCUT2D eigenvalue weighted by Gasteiger charge is 2.26. The molecule has 0 spiro atoms. The van der Waals surface area contributed by atoms with Crippen molar-refractivity contribution >= 4 is 28.0 Å². The van der Waals surface area contributed by atoms with Crippen molar-refractivity contribution < 1.29 is 14.3 Å². The van der Waals surface area contributed by atoms with Crippen molar-refractivity contribution in [2.24, 2.45) is 0 Å². The van der Waals surface area contributed by atoms with E-state index in [1.54, 1.807) is 7.11 Å². The molecular weight excluding hydrogens is 388 g/mol. The highest BCUT2D eigenvalue weighted by molar-refractivity contribution is 7.19. The average molecular weight is 415 g/mol. The van der Waals surface area contributed by atoms with Crippen molar-refractivity contribution in [3.8, 4) is 11.3 Å². The van der Waals surface area contributed by atoms with Gasteiger partial charge in [0.25, 0.3) is 5.91 Å². The summed E-state index contributed by atoms with van der Waals surface area (Å²) in [5.74, 6) is 0.955. The third-order valence-corrected chi connectivity index (χ3v) is 6.25. The molecule has 2 aromatic heterocycles. The second kappa shape index (κ2) is 8.52. The topological polar surface area (TPSA) is 68.1 Å². The highest BCUT2D eigenvalue weighted by Crippen LogP contribution is 2.35. The number of fused-ring (bicyclic) bond motifs is 1. The molecular formula is C21H26N4O3S. The number of hydrogen-bond donors (Lipinski definition) is 1. The lowest BCUT2D eigenvalue weighted by molar-refractivity contribution is 0.0305. The summed E-state index contributed by atoms with van der Waals surface area (Å²) in [7, 11) is 1.68. The number of imidazole rings is 1. The molecule has 8 heteroatoms. The van der Waals surface area contributed by atoms with Gasteiger partial charge in [0.15, 0.2) is 4.96 Å². The molecule has 0 radical (unpaired) electrons. The number of aromatic nitrogens is 2. The number of carbonyl (C=O) groups excluding carboxylic acids is 1. The van der Waals surface area contributed by atoms with Crippen LogP contribution in [0.3, 0.4) is 0 Å². The van der Waals surface area contributed by atoms with Crippen molar-refractivity contribution in [3.63, 3.8) is 0 Å². The molecule has 1 fully saturated rings. The summed E-state index contributed by atoms with van der Waals surface area (Å²) in [4.78, 5) is 21.3. The minimum Gasteiger partial charge on any atom is -0.383 e. The molecule has 0 unspecified atom stereocenters. The second-order valence-corrected chi connectivity index (χ2v) is 8.11. The Morgan fingerprint density at radius 3 is 2.66 bits per heavy atom. The first kappa shape index (κ1) is 19.9. The summed E-state index contributed by atoms with van der Waals surface area (Å²) in [5.41, 5.74) is 4.05. The molecule has 1 N–H and O–H groups in total. The van der Waals surface area contributed by atoms with Crippen molar-refractivity contribution in [2.75, 3.05) is 51.9 Å². The quantitative estimate of drug-likeness (QED) is 0.628. The van der Waals surface area contributed by atoms with Crippen molar-refractivity contribution in [1.29, 1.82) is 0 Å². The van der Waals surface area contributed by atoms with E-state index >= 15 is 0 Å². The molecule has 3 aromatic rings. The molecule has 4 rings (SSSR count). The Labute approximate surface area is 174 Å². The highest BCUT2D eigenvalue weighted by atomic mass is 32.1. The number of benzene rings is 1. The van der Waals surface area contributed by atoms with Crippen LogP contribution in [-0.2, 0) is 9.47 Å². The fourth-order valence-corrected chi connectivity index (χ4v) is 4.60. The van der Waals surface area contributed by atoms with Crippen molar-refractivity contribution in [1.82, 2.24) is 14.3 Å². The van der Waals surface area contributed by atoms with E-state index in [0.29, 0.717) is 39.5 Å². The van der Waals surface area contributed by atoms with Gasteiger partial charge < -0.3 is 19.7 Å². The Morgan fingerprint density at radius 1 is 1.24 bits per heavy atom. The molecule has 1 aliphatic heterocycles. The minimum absolute atomic E-state index is 0.0565.